The van der Waals surface area contributed by atoms with Gasteiger partial charge in [-0.05, 0) is 69.2 Å². The minimum absolute atomic E-state index is 0.0662. The number of carbonyl (C=O) groups excluding carboxylic acids is 2. The van der Waals surface area contributed by atoms with Crippen LogP contribution in [0.2, 0.25) is 0 Å². The van der Waals surface area contributed by atoms with Crippen molar-refractivity contribution in [2.75, 3.05) is 18.1 Å². The molecular formula is C29H28FNO5. The van der Waals surface area contributed by atoms with Gasteiger partial charge in [0.15, 0.2) is 11.5 Å². The largest absolute Gasteiger partial charge is 0.507 e. The minimum atomic E-state index is -0.900. The number of rotatable bonds is 7. The van der Waals surface area contributed by atoms with Gasteiger partial charge in [-0.2, -0.15) is 0 Å². The molecule has 1 aliphatic rings. The number of ether oxygens (including phenoxy) is 2. The molecule has 1 atom stereocenters. The summed E-state index contributed by atoms with van der Waals surface area (Å²) in [6, 6.07) is 15.6. The highest BCUT2D eigenvalue weighted by Crippen LogP contribution is 2.44. The van der Waals surface area contributed by atoms with E-state index < -0.39 is 23.5 Å². The Morgan fingerprint density at radius 2 is 1.67 bits per heavy atom. The predicted molar refractivity (Wildman–Crippen MR) is 136 cm³/mol. The summed E-state index contributed by atoms with van der Waals surface area (Å²) in [7, 11) is 0. The number of amides is 1. The lowest BCUT2D eigenvalue weighted by Gasteiger charge is -2.26. The van der Waals surface area contributed by atoms with Crippen LogP contribution in [0.4, 0.5) is 10.1 Å². The number of aryl methyl sites for hydroxylation is 2. The lowest BCUT2D eigenvalue weighted by Crippen LogP contribution is -2.29. The topological polar surface area (TPSA) is 76.1 Å². The predicted octanol–water partition coefficient (Wildman–Crippen LogP) is 5.87. The third-order valence-corrected chi connectivity index (χ3v) is 6.04. The molecule has 1 aliphatic heterocycles. The number of hydrogen-bond donors (Lipinski definition) is 1. The number of aliphatic hydroxyl groups excluding tert-OH is 1. The number of carbonyl (C=O) groups is 2. The molecule has 7 heteroatoms. The third kappa shape index (κ3) is 4.56. The summed E-state index contributed by atoms with van der Waals surface area (Å²) in [4.78, 5) is 28.1. The SMILES string of the molecule is CCOc1ccc(N2C(=O)C(=O)/C(=C(/O)c3ccc(F)c(C)c3)C2c2cccc(C)c2)cc1OCC. The monoisotopic (exact) mass is 489 g/mol. The number of Topliss-reactive ketones (excluding diaryl/α,β-unsaturated/α-hetero) is 1. The van der Waals surface area contributed by atoms with Crippen molar-refractivity contribution in [1.82, 2.24) is 0 Å². The Balaban J connectivity index is 1.93. The summed E-state index contributed by atoms with van der Waals surface area (Å²) >= 11 is 0. The van der Waals surface area contributed by atoms with Crippen molar-refractivity contribution < 1.29 is 28.6 Å². The van der Waals surface area contributed by atoms with Crippen molar-refractivity contribution in [1.29, 1.82) is 0 Å². The Hall–Kier alpha value is -4.13. The van der Waals surface area contributed by atoms with E-state index in [9.17, 15) is 19.1 Å². The number of anilines is 1. The fraction of sp³-hybridized carbons (Fsp3) is 0.241. The highest BCUT2D eigenvalue weighted by Gasteiger charge is 2.47. The molecule has 36 heavy (non-hydrogen) atoms. The molecule has 3 aromatic carbocycles. The first-order valence-electron chi connectivity index (χ1n) is 11.8. The van der Waals surface area contributed by atoms with Gasteiger partial charge in [0, 0.05) is 17.3 Å². The van der Waals surface area contributed by atoms with Gasteiger partial charge in [-0.3, -0.25) is 14.5 Å². The molecule has 1 fully saturated rings. The second-order valence-electron chi connectivity index (χ2n) is 8.54. The molecule has 0 spiro atoms. The van der Waals surface area contributed by atoms with Crippen molar-refractivity contribution in [3.8, 4) is 11.5 Å². The number of hydrogen-bond acceptors (Lipinski definition) is 5. The summed E-state index contributed by atoms with van der Waals surface area (Å²) in [5.74, 6) is -1.44. The number of nitrogens with zero attached hydrogens (tertiary/aromatic N) is 1. The molecule has 1 saturated heterocycles. The van der Waals surface area contributed by atoms with Gasteiger partial charge >= 0.3 is 0 Å². The van der Waals surface area contributed by atoms with Gasteiger partial charge in [0.1, 0.15) is 11.6 Å². The van der Waals surface area contributed by atoms with E-state index in [2.05, 4.69) is 0 Å². The van der Waals surface area contributed by atoms with Crippen molar-refractivity contribution in [3.05, 3.63) is 94.3 Å². The van der Waals surface area contributed by atoms with E-state index in [0.717, 1.165) is 5.56 Å². The van der Waals surface area contributed by atoms with Crippen LogP contribution in [0.15, 0.2) is 66.2 Å². The standard InChI is InChI=1S/C29H28FNO5/c1-5-35-23-13-11-21(16-24(23)36-6-2)31-26(19-9-7-8-17(3)14-19)25(28(33)29(31)34)27(32)20-10-12-22(30)18(4)15-20/h7-16,26,32H,5-6H2,1-4H3/b27-25+. The zero-order chi connectivity index (χ0) is 26.0. The molecular weight excluding hydrogens is 461 g/mol. The molecule has 1 unspecified atom stereocenters. The summed E-state index contributed by atoms with van der Waals surface area (Å²) in [6.45, 7) is 7.99. The Bertz CT molecular complexity index is 1360. The first-order chi connectivity index (χ1) is 17.3. The van der Waals surface area contributed by atoms with E-state index in [4.69, 9.17) is 9.47 Å². The maximum Gasteiger partial charge on any atom is 0.300 e. The van der Waals surface area contributed by atoms with Gasteiger partial charge in [-0.25, -0.2) is 4.39 Å². The molecule has 1 N–H and O–H groups in total. The molecule has 0 aliphatic carbocycles. The molecule has 6 nitrogen and oxygen atoms in total. The second-order valence-corrected chi connectivity index (χ2v) is 8.54. The van der Waals surface area contributed by atoms with E-state index >= 15 is 0 Å². The highest BCUT2D eigenvalue weighted by molar-refractivity contribution is 6.51. The van der Waals surface area contributed by atoms with Gasteiger partial charge in [0.2, 0.25) is 0 Å². The fourth-order valence-corrected chi connectivity index (χ4v) is 4.39. The van der Waals surface area contributed by atoms with Crippen LogP contribution in [0.3, 0.4) is 0 Å². The van der Waals surface area contributed by atoms with Gasteiger partial charge in [0.05, 0.1) is 24.8 Å². The smallest absolute Gasteiger partial charge is 0.300 e. The molecule has 1 heterocycles. The van der Waals surface area contributed by atoms with Crippen molar-refractivity contribution in [3.63, 3.8) is 0 Å². The Morgan fingerprint density at radius 3 is 2.33 bits per heavy atom. The van der Waals surface area contributed by atoms with Crippen molar-refractivity contribution in [2.24, 2.45) is 0 Å². The average molecular weight is 490 g/mol. The molecule has 0 aromatic heterocycles. The second kappa shape index (κ2) is 10.2. The van der Waals surface area contributed by atoms with E-state index in [0.29, 0.717) is 41.5 Å². The van der Waals surface area contributed by atoms with Crippen LogP contribution in [0.25, 0.3) is 5.76 Å². The number of benzene rings is 3. The van der Waals surface area contributed by atoms with E-state index in [-0.39, 0.29) is 16.9 Å². The molecule has 1 amide bonds. The molecule has 0 radical (unpaired) electrons. The van der Waals surface area contributed by atoms with Crippen LogP contribution >= 0.6 is 0 Å². The fourth-order valence-electron chi connectivity index (χ4n) is 4.39. The quantitative estimate of drug-likeness (QED) is 0.255. The first kappa shape index (κ1) is 25.0. The van der Waals surface area contributed by atoms with Gasteiger partial charge < -0.3 is 14.6 Å². The Morgan fingerprint density at radius 1 is 0.944 bits per heavy atom. The number of aliphatic hydroxyl groups is 1. The lowest BCUT2D eigenvalue weighted by atomic mass is 9.94. The van der Waals surface area contributed by atoms with E-state index in [1.165, 1.54) is 23.1 Å². The first-order valence-corrected chi connectivity index (χ1v) is 11.8. The molecule has 4 rings (SSSR count). The normalized spacial score (nSPS) is 16.9. The zero-order valence-electron chi connectivity index (χ0n) is 20.7. The van der Waals surface area contributed by atoms with Crippen LogP contribution in [-0.2, 0) is 9.59 Å². The summed E-state index contributed by atoms with van der Waals surface area (Å²) in [6.07, 6.45) is 0. The maximum atomic E-state index is 13.9. The van der Waals surface area contributed by atoms with Crippen molar-refractivity contribution >= 4 is 23.1 Å². The lowest BCUT2D eigenvalue weighted by molar-refractivity contribution is -0.132. The Labute approximate surface area is 209 Å². The third-order valence-electron chi connectivity index (χ3n) is 6.04. The van der Waals surface area contributed by atoms with E-state index in [1.807, 2.05) is 39.0 Å². The molecule has 186 valence electrons. The number of halogens is 1. The zero-order valence-corrected chi connectivity index (χ0v) is 20.7. The van der Waals surface area contributed by atoms with Gasteiger partial charge in [-0.15, -0.1) is 0 Å². The molecule has 0 saturated carbocycles. The highest BCUT2D eigenvalue weighted by atomic mass is 19.1. The summed E-state index contributed by atoms with van der Waals surface area (Å²) < 4.78 is 25.3. The molecule has 3 aromatic rings. The minimum Gasteiger partial charge on any atom is -0.507 e. The maximum absolute atomic E-state index is 13.9. The van der Waals surface area contributed by atoms with Gasteiger partial charge in [-0.1, -0.05) is 29.8 Å². The van der Waals surface area contributed by atoms with E-state index in [1.54, 1.807) is 31.2 Å². The van der Waals surface area contributed by atoms with Gasteiger partial charge in [0.25, 0.3) is 11.7 Å². The van der Waals surface area contributed by atoms with Crippen LogP contribution < -0.4 is 14.4 Å². The van der Waals surface area contributed by atoms with Crippen LogP contribution in [0, 0.1) is 19.7 Å². The van der Waals surface area contributed by atoms with Crippen LogP contribution in [0.5, 0.6) is 11.5 Å². The summed E-state index contributed by atoms with van der Waals surface area (Å²) in [5.41, 5.74) is 2.51. The molecule has 0 bridgehead atoms. The van der Waals surface area contributed by atoms with Crippen LogP contribution in [0.1, 0.15) is 42.1 Å². The average Bonchev–Trinajstić information content (AvgIpc) is 3.12. The van der Waals surface area contributed by atoms with Crippen molar-refractivity contribution in [2.45, 2.75) is 33.7 Å². The number of ketones is 1. The summed E-state index contributed by atoms with van der Waals surface area (Å²) in [5, 5.41) is 11.3. The van der Waals surface area contributed by atoms with Crippen LogP contribution in [-0.4, -0.2) is 30.0 Å². The Kier molecular flexibility index (Phi) is 7.10.